The molecule has 0 saturated heterocycles. The van der Waals surface area contributed by atoms with Crippen molar-refractivity contribution < 1.29 is 9.53 Å². The van der Waals surface area contributed by atoms with Gasteiger partial charge in [0.1, 0.15) is 0 Å². The van der Waals surface area contributed by atoms with E-state index in [0.717, 1.165) is 5.57 Å². The Morgan fingerprint density at radius 1 is 1.50 bits per heavy atom. The number of ether oxygens (including phenoxy) is 1. The van der Waals surface area contributed by atoms with Crippen molar-refractivity contribution in [2.75, 3.05) is 7.11 Å². The Morgan fingerprint density at radius 3 is 2.33 bits per heavy atom. The van der Waals surface area contributed by atoms with Crippen LogP contribution in [0.1, 0.15) is 27.2 Å². The highest BCUT2D eigenvalue weighted by Gasteiger charge is 2.16. The summed E-state index contributed by atoms with van der Waals surface area (Å²) < 4.78 is 4.58. The second-order valence-electron chi connectivity index (χ2n) is 3.39. The van der Waals surface area contributed by atoms with Gasteiger partial charge in [-0.3, -0.25) is 4.79 Å². The van der Waals surface area contributed by atoms with Crippen LogP contribution in [0, 0.1) is 11.8 Å². The molecule has 0 fully saturated rings. The van der Waals surface area contributed by atoms with Gasteiger partial charge in [-0.2, -0.15) is 0 Å². The Bertz CT molecular complexity index is 173. The lowest BCUT2D eigenvalue weighted by molar-refractivity contribution is -0.141. The molecule has 0 spiro atoms. The molecule has 0 bridgehead atoms. The summed E-state index contributed by atoms with van der Waals surface area (Å²) in [6, 6.07) is 0. The molecule has 0 aliphatic rings. The molecule has 0 aliphatic carbocycles. The molecule has 0 N–H and O–H groups in total. The molecule has 12 heavy (non-hydrogen) atoms. The van der Waals surface area contributed by atoms with Crippen LogP contribution in [0.3, 0.4) is 0 Å². The Hall–Kier alpha value is -0.790. The molecule has 0 aromatic carbocycles. The van der Waals surface area contributed by atoms with Crippen molar-refractivity contribution in [3.8, 4) is 0 Å². The number of rotatable bonds is 4. The molecule has 2 nitrogen and oxygen atoms in total. The number of hydrogen-bond donors (Lipinski definition) is 0. The first-order chi connectivity index (χ1) is 5.49. The van der Waals surface area contributed by atoms with Gasteiger partial charge in [-0.25, -0.2) is 0 Å². The second kappa shape index (κ2) is 4.96. The lowest BCUT2D eigenvalue weighted by atomic mass is 9.88. The van der Waals surface area contributed by atoms with Gasteiger partial charge in [0.2, 0.25) is 0 Å². The van der Waals surface area contributed by atoms with Gasteiger partial charge in [0, 0.05) is 6.42 Å². The van der Waals surface area contributed by atoms with Crippen LogP contribution in [0.5, 0.6) is 0 Å². The summed E-state index contributed by atoms with van der Waals surface area (Å²) in [6.07, 6.45) is 0.477. The van der Waals surface area contributed by atoms with Crippen molar-refractivity contribution in [3.63, 3.8) is 0 Å². The molecule has 0 aliphatic heterocycles. The third-order valence-electron chi connectivity index (χ3n) is 2.35. The highest BCUT2D eigenvalue weighted by Crippen LogP contribution is 2.21. The van der Waals surface area contributed by atoms with E-state index in [1.54, 1.807) is 0 Å². The van der Waals surface area contributed by atoms with Gasteiger partial charge in [0.25, 0.3) is 0 Å². The summed E-state index contributed by atoms with van der Waals surface area (Å²) in [6.45, 7) is 9.96. The first-order valence-corrected chi connectivity index (χ1v) is 4.21. The quantitative estimate of drug-likeness (QED) is 0.478. The molecule has 0 rings (SSSR count). The van der Waals surface area contributed by atoms with Gasteiger partial charge in [-0.15, -0.1) is 0 Å². The van der Waals surface area contributed by atoms with E-state index in [4.69, 9.17) is 0 Å². The zero-order chi connectivity index (χ0) is 9.72. The van der Waals surface area contributed by atoms with E-state index < -0.39 is 0 Å². The van der Waals surface area contributed by atoms with Gasteiger partial charge in [-0.05, 0) is 18.8 Å². The van der Waals surface area contributed by atoms with E-state index >= 15 is 0 Å². The van der Waals surface area contributed by atoms with Crippen molar-refractivity contribution in [1.29, 1.82) is 0 Å². The number of methoxy groups -OCH3 is 1. The van der Waals surface area contributed by atoms with Crippen molar-refractivity contribution in [3.05, 3.63) is 12.2 Å². The van der Waals surface area contributed by atoms with Crippen LogP contribution in [-0.2, 0) is 9.53 Å². The molecule has 0 amide bonds. The lowest BCUT2D eigenvalue weighted by Gasteiger charge is -2.18. The number of esters is 1. The minimum absolute atomic E-state index is 0.143. The van der Waals surface area contributed by atoms with Crippen molar-refractivity contribution in [2.24, 2.45) is 11.8 Å². The third-order valence-corrected chi connectivity index (χ3v) is 2.35. The maximum absolute atomic E-state index is 10.9. The van der Waals surface area contributed by atoms with E-state index in [9.17, 15) is 4.79 Å². The highest BCUT2D eigenvalue weighted by molar-refractivity contribution is 5.69. The van der Waals surface area contributed by atoms with Crippen LogP contribution in [0.15, 0.2) is 12.2 Å². The van der Waals surface area contributed by atoms with Crippen molar-refractivity contribution in [2.45, 2.75) is 27.2 Å². The maximum Gasteiger partial charge on any atom is 0.305 e. The van der Waals surface area contributed by atoms with Crippen LogP contribution >= 0.6 is 0 Å². The molecular weight excluding hydrogens is 152 g/mol. The van der Waals surface area contributed by atoms with Crippen LogP contribution in [0.2, 0.25) is 0 Å². The minimum Gasteiger partial charge on any atom is -0.469 e. The van der Waals surface area contributed by atoms with Gasteiger partial charge >= 0.3 is 5.97 Å². The Morgan fingerprint density at radius 2 is 2.00 bits per heavy atom. The molecule has 0 unspecified atom stereocenters. The number of carbonyl (C=O) groups excluding carboxylic acids is 1. The molecule has 70 valence electrons. The number of carbonyl (C=O) groups is 1. The average Bonchev–Trinajstić information content (AvgIpc) is 2.02. The molecule has 2 heteroatoms. The van der Waals surface area contributed by atoms with Crippen LogP contribution in [0.4, 0.5) is 0 Å². The summed E-state index contributed by atoms with van der Waals surface area (Å²) in [4.78, 5) is 10.9. The molecular formula is C10H18O2. The predicted molar refractivity (Wildman–Crippen MR) is 49.8 cm³/mol. The normalized spacial score (nSPS) is 15.0. The topological polar surface area (TPSA) is 26.3 Å². The molecule has 0 aromatic heterocycles. The predicted octanol–water partition coefficient (Wildman–Crippen LogP) is 2.40. The van der Waals surface area contributed by atoms with Crippen LogP contribution in [0.25, 0.3) is 0 Å². The summed E-state index contributed by atoms with van der Waals surface area (Å²) in [5, 5.41) is 0. The van der Waals surface area contributed by atoms with Crippen LogP contribution in [-0.4, -0.2) is 13.1 Å². The van der Waals surface area contributed by atoms with E-state index in [-0.39, 0.29) is 5.97 Å². The van der Waals surface area contributed by atoms with E-state index in [1.807, 2.05) is 13.8 Å². The van der Waals surface area contributed by atoms with Gasteiger partial charge in [0.15, 0.2) is 0 Å². The second-order valence-corrected chi connectivity index (χ2v) is 3.39. The molecule has 0 saturated carbocycles. The Labute approximate surface area is 74.6 Å². The SMILES string of the molecule is C=C(C)[C@@H](C)[C@@H](C)CC(=O)OC. The summed E-state index contributed by atoms with van der Waals surface area (Å²) in [7, 11) is 1.42. The standard InChI is InChI=1S/C10H18O2/c1-7(2)9(4)8(3)6-10(11)12-5/h8-9H,1,6H2,2-5H3/t8-,9+/m0/s1. The Balaban J connectivity index is 3.94. The number of allylic oxidation sites excluding steroid dienone is 1. The average molecular weight is 170 g/mol. The van der Waals surface area contributed by atoms with E-state index in [0.29, 0.717) is 18.3 Å². The summed E-state index contributed by atoms with van der Waals surface area (Å²) in [5.41, 5.74) is 1.12. The zero-order valence-electron chi connectivity index (χ0n) is 8.39. The fourth-order valence-electron chi connectivity index (χ4n) is 1.01. The van der Waals surface area contributed by atoms with E-state index in [1.165, 1.54) is 7.11 Å². The van der Waals surface area contributed by atoms with Gasteiger partial charge in [-0.1, -0.05) is 26.0 Å². The maximum atomic E-state index is 10.9. The first-order valence-electron chi connectivity index (χ1n) is 4.21. The first kappa shape index (κ1) is 11.2. The highest BCUT2D eigenvalue weighted by atomic mass is 16.5. The molecule has 0 aromatic rings. The largest absolute Gasteiger partial charge is 0.469 e. The molecule has 0 heterocycles. The van der Waals surface area contributed by atoms with E-state index in [2.05, 4.69) is 18.2 Å². The Kier molecular flexibility index (Phi) is 4.64. The van der Waals surface area contributed by atoms with Gasteiger partial charge in [0.05, 0.1) is 7.11 Å². The smallest absolute Gasteiger partial charge is 0.305 e. The third kappa shape index (κ3) is 3.56. The molecule has 0 radical (unpaired) electrons. The monoisotopic (exact) mass is 170 g/mol. The number of hydrogen-bond acceptors (Lipinski definition) is 2. The zero-order valence-corrected chi connectivity index (χ0v) is 8.39. The van der Waals surface area contributed by atoms with Crippen LogP contribution < -0.4 is 0 Å². The lowest BCUT2D eigenvalue weighted by Crippen LogP contribution is -2.14. The minimum atomic E-state index is -0.143. The van der Waals surface area contributed by atoms with Gasteiger partial charge < -0.3 is 4.74 Å². The summed E-state index contributed by atoms with van der Waals surface area (Å²) in [5.74, 6) is 0.551. The fraction of sp³-hybridized carbons (Fsp3) is 0.700. The van der Waals surface area contributed by atoms with Crippen molar-refractivity contribution in [1.82, 2.24) is 0 Å². The van der Waals surface area contributed by atoms with Crippen molar-refractivity contribution >= 4 is 5.97 Å². The molecule has 2 atom stereocenters. The summed E-state index contributed by atoms with van der Waals surface area (Å²) >= 11 is 0. The fourth-order valence-corrected chi connectivity index (χ4v) is 1.01.